The van der Waals surface area contributed by atoms with Gasteiger partial charge in [-0.25, -0.2) is 0 Å². The Balaban J connectivity index is 1.54. The summed E-state index contributed by atoms with van der Waals surface area (Å²) in [6.45, 7) is 0. The predicted molar refractivity (Wildman–Crippen MR) is 99.2 cm³/mol. The number of hydrogen-bond donors (Lipinski definition) is 1. The Morgan fingerprint density at radius 2 is 1.96 bits per heavy atom. The number of H-pyrrole nitrogens is 1. The summed E-state index contributed by atoms with van der Waals surface area (Å²) in [5.74, 6) is 0.516. The first-order chi connectivity index (χ1) is 12.7. The van der Waals surface area contributed by atoms with Gasteiger partial charge in [-0.15, -0.1) is 0 Å². The number of fused-ring (bicyclic) bond motifs is 3. The van der Waals surface area contributed by atoms with E-state index in [0.717, 1.165) is 23.7 Å². The minimum absolute atomic E-state index is 0.0913. The van der Waals surface area contributed by atoms with Crippen LogP contribution in [0.25, 0.3) is 10.9 Å². The Labute approximate surface area is 151 Å². The predicted octanol–water partition coefficient (Wildman–Crippen LogP) is 3.43. The maximum absolute atomic E-state index is 13.5. The van der Waals surface area contributed by atoms with Crippen molar-refractivity contribution in [3.8, 4) is 0 Å². The number of hydrogen-bond acceptors (Lipinski definition) is 4. The number of piperidine rings is 1. The Hall–Kier alpha value is -2.60. The number of rotatable bonds is 3. The highest BCUT2D eigenvalue weighted by atomic mass is 16.3. The standard InChI is InChI=1S/C20H22N4O2/c1-23-13-8-9-14(23)12-15(11-13)24(18-7-4-10-26-18)20(25)19-16-5-2-3-6-17(16)21-22-19/h2-7,10,13-15H,8-9,11-12H2,1H3,(H,21,22). The minimum Gasteiger partial charge on any atom is -0.448 e. The second-order valence-corrected chi connectivity index (χ2v) is 7.42. The van der Waals surface area contributed by atoms with E-state index < -0.39 is 0 Å². The molecule has 6 heteroatoms. The van der Waals surface area contributed by atoms with E-state index >= 15 is 0 Å². The van der Waals surface area contributed by atoms with Crippen LogP contribution in [-0.2, 0) is 0 Å². The molecule has 2 bridgehead atoms. The Bertz CT molecular complexity index is 918. The molecule has 2 unspecified atom stereocenters. The van der Waals surface area contributed by atoms with Gasteiger partial charge in [-0.3, -0.25) is 14.8 Å². The van der Waals surface area contributed by atoms with Crippen molar-refractivity contribution in [2.24, 2.45) is 0 Å². The number of nitrogens with one attached hydrogen (secondary N) is 1. The number of para-hydroxylation sites is 1. The van der Waals surface area contributed by atoms with E-state index in [1.807, 2.05) is 41.3 Å². The van der Waals surface area contributed by atoms with E-state index in [9.17, 15) is 4.79 Å². The molecule has 2 aromatic heterocycles. The lowest BCUT2D eigenvalue weighted by Crippen LogP contribution is -2.51. The molecule has 2 aliphatic heterocycles. The summed E-state index contributed by atoms with van der Waals surface area (Å²) in [6.07, 6.45) is 6.00. The molecular weight excluding hydrogens is 328 g/mol. The van der Waals surface area contributed by atoms with E-state index in [1.165, 1.54) is 12.8 Å². The van der Waals surface area contributed by atoms with Crippen LogP contribution in [0.3, 0.4) is 0 Å². The summed E-state index contributed by atoms with van der Waals surface area (Å²) in [5, 5.41) is 8.15. The second kappa shape index (κ2) is 5.99. The molecule has 1 amide bonds. The zero-order chi connectivity index (χ0) is 17.7. The maximum Gasteiger partial charge on any atom is 0.281 e. The highest BCUT2D eigenvalue weighted by Gasteiger charge is 2.43. The third kappa shape index (κ3) is 2.36. The van der Waals surface area contributed by atoms with E-state index in [-0.39, 0.29) is 11.9 Å². The monoisotopic (exact) mass is 350 g/mol. The van der Waals surface area contributed by atoms with Crippen LogP contribution in [0.4, 0.5) is 5.88 Å². The van der Waals surface area contributed by atoms with Crippen LogP contribution < -0.4 is 4.90 Å². The Kier molecular flexibility index (Phi) is 3.60. The van der Waals surface area contributed by atoms with E-state index in [1.54, 1.807) is 6.26 Å². The fourth-order valence-electron chi connectivity index (χ4n) is 4.69. The lowest BCUT2D eigenvalue weighted by atomic mass is 9.96. The third-order valence-corrected chi connectivity index (χ3v) is 6.07. The third-order valence-electron chi connectivity index (χ3n) is 6.07. The zero-order valence-corrected chi connectivity index (χ0v) is 14.8. The number of anilines is 1. The number of amides is 1. The van der Waals surface area contributed by atoms with Crippen molar-refractivity contribution in [1.82, 2.24) is 15.1 Å². The molecule has 1 aromatic carbocycles. The van der Waals surface area contributed by atoms with Crippen molar-refractivity contribution in [1.29, 1.82) is 0 Å². The molecule has 0 spiro atoms. The van der Waals surface area contributed by atoms with Crippen LogP contribution in [0.1, 0.15) is 36.2 Å². The quantitative estimate of drug-likeness (QED) is 0.786. The summed E-state index contributed by atoms with van der Waals surface area (Å²) in [7, 11) is 2.21. The summed E-state index contributed by atoms with van der Waals surface area (Å²) in [5.41, 5.74) is 1.34. The van der Waals surface area contributed by atoms with Gasteiger partial charge in [-0.2, -0.15) is 5.10 Å². The molecule has 134 valence electrons. The maximum atomic E-state index is 13.5. The topological polar surface area (TPSA) is 65.4 Å². The van der Waals surface area contributed by atoms with Crippen LogP contribution in [0, 0.1) is 0 Å². The molecule has 2 saturated heterocycles. The van der Waals surface area contributed by atoms with Crippen LogP contribution in [0.15, 0.2) is 47.1 Å². The van der Waals surface area contributed by atoms with Crippen molar-refractivity contribution < 1.29 is 9.21 Å². The molecule has 0 saturated carbocycles. The Morgan fingerprint density at radius 3 is 2.69 bits per heavy atom. The summed E-state index contributed by atoms with van der Waals surface area (Å²) >= 11 is 0. The largest absolute Gasteiger partial charge is 0.448 e. The summed E-state index contributed by atoms with van der Waals surface area (Å²) < 4.78 is 5.65. The lowest BCUT2D eigenvalue weighted by molar-refractivity contribution is 0.0931. The molecule has 0 radical (unpaired) electrons. The van der Waals surface area contributed by atoms with Crippen LogP contribution in [-0.4, -0.2) is 46.2 Å². The van der Waals surface area contributed by atoms with Gasteiger partial charge in [0, 0.05) is 29.6 Å². The first kappa shape index (κ1) is 15.6. The molecule has 26 heavy (non-hydrogen) atoms. The number of aromatic nitrogens is 2. The van der Waals surface area contributed by atoms with Gasteiger partial charge in [-0.1, -0.05) is 18.2 Å². The van der Waals surface area contributed by atoms with Gasteiger partial charge in [0.1, 0.15) is 0 Å². The zero-order valence-electron chi connectivity index (χ0n) is 14.8. The highest BCUT2D eigenvalue weighted by Crippen LogP contribution is 2.38. The van der Waals surface area contributed by atoms with Gasteiger partial charge in [-0.05, 0) is 44.9 Å². The molecule has 2 atom stereocenters. The van der Waals surface area contributed by atoms with Crippen LogP contribution in [0.5, 0.6) is 0 Å². The number of carbonyl (C=O) groups is 1. The summed E-state index contributed by atoms with van der Waals surface area (Å²) in [6, 6.07) is 12.7. The van der Waals surface area contributed by atoms with Crippen molar-refractivity contribution >= 4 is 22.7 Å². The molecule has 2 aliphatic rings. The average molecular weight is 350 g/mol. The number of furan rings is 1. The number of benzene rings is 1. The average Bonchev–Trinajstić information content (AvgIpc) is 3.35. The minimum atomic E-state index is -0.0913. The van der Waals surface area contributed by atoms with Crippen molar-refractivity contribution in [3.05, 3.63) is 48.4 Å². The number of carbonyl (C=O) groups excluding carboxylic acids is 1. The molecule has 1 N–H and O–H groups in total. The second-order valence-electron chi connectivity index (χ2n) is 7.42. The summed E-state index contributed by atoms with van der Waals surface area (Å²) in [4.78, 5) is 17.8. The highest BCUT2D eigenvalue weighted by molar-refractivity contribution is 6.12. The van der Waals surface area contributed by atoms with Gasteiger partial charge in [0.15, 0.2) is 5.69 Å². The van der Waals surface area contributed by atoms with Gasteiger partial charge >= 0.3 is 0 Å². The van der Waals surface area contributed by atoms with Crippen molar-refractivity contribution in [2.75, 3.05) is 11.9 Å². The van der Waals surface area contributed by atoms with Gasteiger partial charge in [0.2, 0.25) is 5.88 Å². The van der Waals surface area contributed by atoms with Crippen LogP contribution in [0.2, 0.25) is 0 Å². The van der Waals surface area contributed by atoms with Gasteiger partial charge in [0.25, 0.3) is 5.91 Å². The molecule has 4 heterocycles. The van der Waals surface area contributed by atoms with Gasteiger partial charge in [0.05, 0.1) is 11.8 Å². The van der Waals surface area contributed by atoms with Crippen molar-refractivity contribution in [2.45, 2.75) is 43.8 Å². The molecule has 0 aliphatic carbocycles. The lowest BCUT2D eigenvalue weighted by Gasteiger charge is -2.40. The molecule has 3 aromatic rings. The van der Waals surface area contributed by atoms with Gasteiger partial charge < -0.3 is 9.32 Å². The van der Waals surface area contributed by atoms with Crippen LogP contribution >= 0.6 is 0 Å². The first-order valence-corrected chi connectivity index (χ1v) is 9.24. The first-order valence-electron chi connectivity index (χ1n) is 9.24. The fourth-order valence-corrected chi connectivity index (χ4v) is 4.69. The molecule has 6 nitrogen and oxygen atoms in total. The molecule has 2 fully saturated rings. The molecule has 5 rings (SSSR count). The smallest absolute Gasteiger partial charge is 0.281 e. The normalized spacial score (nSPS) is 25.7. The van der Waals surface area contributed by atoms with E-state index in [4.69, 9.17) is 4.42 Å². The number of nitrogens with zero attached hydrogens (tertiary/aromatic N) is 3. The van der Waals surface area contributed by atoms with E-state index in [0.29, 0.717) is 23.7 Å². The van der Waals surface area contributed by atoms with Crippen molar-refractivity contribution in [3.63, 3.8) is 0 Å². The fraction of sp³-hybridized carbons (Fsp3) is 0.400. The SMILES string of the molecule is CN1C2CCC1CC(N(C(=O)c1n[nH]c3ccccc13)c1ccco1)C2. The number of aromatic amines is 1. The Morgan fingerprint density at radius 1 is 1.19 bits per heavy atom. The van der Waals surface area contributed by atoms with E-state index in [2.05, 4.69) is 22.1 Å². The molecular formula is C20H22N4O2.